The normalized spacial score (nSPS) is 13.9. The molecule has 0 saturated carbocycles. The second kappa shape index (κ2) is 8.29. The van der Waals surface area contributed by atoms with Crippen molar-refractivity contribution in [2.24, 2.45) is 0 Å². The second-order valence-corrected chi connectivity index (χ2v) is 4.16. The quantitative estimate of drug-likeness (QED) is 0.402. The summed E-state index contributed by atoms with van der Waals surface area (Å²) in [5.74, 6) is 0. The molecule has 94 valence electrons. The van der Waals surface area contributed by atoms with Gasteiger partial charge in [0, 0.05) is 13.7 Å². The Kier molecular flexibility index (Phi) is 7.84. The molecule has 1 atom stereocenters. The number of carbonyl (C=O) groups excluding carboxylic acids is 1. The van der Waals surface area contributed by atoms with Gasteiger partial charge in [0.05, 0.1) is 19.5 Å². The van der Waals surface area contributed by atoms with E-state index in [1.165, 1.54) is 7.11 Å². The minimum Gasteiger partial charge on any atom is -0.419 e. The molecule has 0 aromatic heterocycles. The summed E-state index contributed by atoms with van der Waals surface area (Å²) >= 11 is 0. The molecule has 0 aliphatic heterocycles. The van der Waals surface area contributed by atoms with Crippen molar-refractivity contribution >= 4 is 13.9 Å². The molecule has 0 heterocycles. The Balaban J connectivity index is 3.75. The zero-order valence-electron chi connectivity index (χ0n) is 9.30. The van der Waals surface area contributed by atoms with Crippen LogP contribution in [0.5, 0.6) is 0 Å². The molecule has 8 heteroatoms. The van der Waals surface area contributed by atoms with E-state index in [0.29, 0.717) is 0 Å². The molecule has 1 unspecified atom stereocenters. The van der Waals surface area contributed by atoms with Gasteiger partial charge >= 0.3 is 13.9 Å². The van der Waals surface area contributed by atoms with Crippen molar-refractivity contribution in [1.82, 2.24) is 5.32 Å². The van der Waals surface area contributed by atoms with Crippen molar-refractivity contribution in [3.05, 3.63) is 12.8 Å². The Morgan fingerprint density at radius 3 is 2.69 bits per heavy atom. The van der Waals surface area contributed by atoms with E-state index in [1.54, 1.807) is 6.92 Å². The molecule has 0 rings (SSSR count). The van der Waals surface area contributed by atoms with E-state index in [0.717, 1.165) is 6.26 Å². The van der Waals surface area contributed by atoms with E-state index in [9.17, 15) is 9.36 Å². The first-order valence-electron chi connectivity index (χ1n) is 4.58. The molecule has 0 bridgehead atoms. The average molecular weight is 253 g/mol. The van der Waals surface area contributed by atoms with Crippen LogP contribution in [0.15, 0.2) is 12.8 Å². The van der Waals surface area contributed by atoms with Gasteiger partial charge in [-0.15, -0.1) is 0 Å². The maximum absolute atomic E-state index is 11.5. The van der Waals surface area contributed by atoms with E-state index >= 15 is 0 Å². The fraction of sp³-hybridized carbons (Fsp3) is 0.625. The van der Waals surface area contributed by atoms with Crippen LogP contribution in [0.25, 0.3) is 0 Å². The van der Waals surface area contributed by atoms with Crippen LogP contribution in [0, 0.1) is 0 Å². The summed E-state index contributed by atoms with van der Waals surface area (Å²) < 4.78 is 30.1. The lowest BCUT2D eigenvalue weighted by Crippen LogP contribution is -2.26. The number of nitrogens with one attached hydrogen (secondary N) is 1. The Morgan fingerprint density at radius 1 is 1.50 bits per heavy atom. The highest BCUT2D eigenvalue weighted by Crippen LogP contribution is 2.47. The van der Waals surface area contributed by atoms with Crippen LogP contribution in [0.4, 0.5) is 4.79 Å². The van der Waals surface area contributed by atoms with Crippen molar-refractivity contribution in [2.45, 2.75) is 6.92 Å². The van der Waals surface area contributed by atoms with Gasteiger partial charge in [0.15, 0.2) is 0 Å². The molecule has 0 aromatic carbocycles. The summed E-state index contributed by atoms with van der Waals surface area (Å²) in [5, 5.41) is 2.33. The van der Waals surface area contributed by atoms with Crippen LogP contribution in [0.3, 0.4) is 0 Å². The van der Waals surface area contributed by atoms with Gasteiger partial charge < -0.3 is 10.1 Å². The molecule has 0 saturated heterocycles. The number of phosphoric acid groups is 1. The van der Waals surface area contributed by atoms with Crippen molar-refractivity contribution in [1.29, 1.82) is 0 Å². The van der Waals surface area contributed by atoms with Gasteiger partial charge in [-0.1, -0.05) is 6.58 Å². The van der Waals surface area contributed by atoms with E-state index in [-0.39, 0.29) is 19.8 Å². The number of carbonyl (C=O) groups is 1. The first kappa shape index (κ1) is 15.1. The molecule has 0 aromatic rings. The van der Waals surface area contributed by atoms with Gasteiger partial charge in [0.1, 0.15) is 0 Å². The molecule has 0 radical (unpaired) electrons. The topological polar surface area (TPSA) is 83.1 Å². The largest absolute Gasteiger partial charge is 0.474 e. The fourth-order valence-electron chi connectivity index (χ4n) is 0.729. The van der Waals surface area contributed by atoms with Crippen LogP contribution in [0.1, 0.15) is 6.92 Å². The third-order valence-electron chi connectivity index (χ3n) is 1.32. The average Bonchev–Trinajstić information content (AvgIpc) is 2.25. The van der Waals surface area contributed by atoms with Crippen molar-refractivity contribution in [3.8, 4) is 0 Å². The summed E-state index contributed by atoms with van der Waals surface area (Å²) in [6.07, 6.45) is 0.332. The van der Waals surface area contributed by atoms with Crippen LogP contribution in [-0.4, -0.2) is 33.0 Å². The third kappa shape index (κ3) is 6.58. The number of phosphoric ester groups is 1. The summed E-state index contributed by atoms with van der Waals surface area (Å²) in [4.78, 5) is 10.8. The molecule has 0 aliphatic rings. The zero-order chi connectivity index (χ0) is 12.4. The minimum absolute atomic E-state index is 0.0165. The van der Waals surface area contributed by atoms with E-state index < -0.39 is 13.9 Å². The summed E-state index contributed by atoms with van der Waals surface area (Å²) in [6.45, 7) is 5.18. The number of hydrogen-bond acceptors (Lipinski definition) is 6. The highest BCUT2D eigenvalue weighted by atomic mass is 31.2. The Morgan fingerprint density at radius 2 is 2.19 bits per heavy atom. The molecule has 1 N–H and O–H groups in total. The highest BCUT2D eigenvalue weighted by molar-refractivity contribution is 7.48. The molecule has 7 nitrogen and oxygen atoms in total. The molecule has 0 aliphatic carbocycles. The number of ether oxygens (including phenoxy) is 1. The Labute approximate surface area is 94.3 Å². The summed E-state index contributed by atoms with van der Waals surface area (Å²) in [6, 6.07) is 0. The van der Waals surface area contributed by atoms with Crippen LogP contribution >= 0.6 is 7.82 Å². The smallest absolute Gasteiger partial charge is 0.419 e. The lowest BCUT2D eigenvalue weighted by molar-refractivity contribution is 0.134. The second-order valence-electron chi connectivity index (χ2n) is 2.38. The first-order valence-corrected chi connectivity index (χ1v) is 6.04. The van der Waals surface area contributed by atoms with Crippen molar-refractivity contribution < 1.29 is 27.7 Å². The predicted molar refractivity (Wildman–Crippen MR) is 56.9 cm³/mol. The van der Waals surface area contributed by atoms with Gasteiger partial charge in [-0.25, -0.2) is 9.36 Å². The van der Waals surface area contributed by atoms with Gasteiger partial charge in [-0.05, 0) is 6.92 Å². The van der Waals surface area contributed by atoms with Crippen molar-refractivity contribution in [3.63, 3.8) is 0 Å². The zero-order valence-corrected chi connectivity index (χ0v) is 10.2. The number of rotatable bonds is 8. The minimum atomic E-state index is -3.49. The molecule has 1 amide bonds. The Hall–Kier alpha value is -0.880. The third-order valence-corrected chi connectivity index (χ3v) is 2.84. The van der Waals surface area contributed by atoms with E-state index in [4.69, 9.17) is 9.05 Å². The molecular formula is C8H16NO6P. The summed E-state index contributed by atoms with van der Waals surface area (Å²) in [7, 11) is -2.27. The number of hydrogen-bond donors (Lipinski definition) is 1. The summed E-state index contributed by atoms with van der Waals surface area (Å²) in [5.41, 5.74) is 0. The molecular weight excluding hydrogens is 237 g/mol. The maximum atomic E-state index is 11.5. The van der Waals surface area contributed by atoms with Gasteiger partial charge in [0.2, 0.25) is 0 Å². The van der Waals surface area contributed by atoms with E-state index in [2.05, 4.69) is 21.2 Å². The molecule has 0 spiro atoms. The number of amides is 1. The van der Waals surface area contributed by atoms with Gasteiger partial charge in [0.25, 0.3) is 0 Å². The monoisotopic (exact) mass is 253 g/mol. The van der Waals surface area contributed by atoms with Crippen molar-refractivity contribution in [2.75, 3.05) is 26.9 Å². The lowest BCUT2D eigenvalue weighted by atomic mass is 10.7. The van der Waals surface area contributed by atoms with Gasteiger partial charge in [-0.2, -0.15) is 0 Å². The Bertz CT molecular complexity index is 269. The first-order chi connectivity index (χ1) is 7.58. The standard InChI is InChI=1S/C8H16NO6P/c1-4-13-8(10)9-6-7-15-16(11,12-3)14-5-2/h4H,1,5-7H2,2-3H3,(H,9,10). The number of alkyl carbamates (subject to hydrolysis) is 1. The van der Waals surface area contributed by atoms with Crippen LogP contribution in [0.2, 0.25) is 0 Å². The van der Waals surface area contributed by atoms with Gasteiger partial charge in [-0.3, -0.25) is 13.6 Å². The lowest BCUT2D eigenvalue weighted by Gasteiger charge is -2.14. The SMILES string of the molecule is C=COC(=O)NCCOP(=O)(OC)OCC. The van der Waals surface area contributed by atoms with Crippen LogP contribution in [-0.2, 0) is 22.9 Å². The van der Waals surface area contributed by atoms with Crippen LogP contribution < -0.4 is 5.32 Å². The molecule has 0 fully saturated rings. The predicted octanol–water partition coefficient (Wildman–Crippen LogP) is 1.66. The highest BCUT2D eigenvalue weighted by Gasteiger charge is 2.23. The fourth-order valence-corrected chi connectivity index (χ4v) is 1.65. The molecule has 16 heavy (non-hydrogen) atoms. The maximum Gasteiger partial charge on any atom is 0.474 e. The van der Waals surface area contributed by atoms with E-state index in [1.807, 2.05) is 0 Å².